The average Bonchev–Trinajstić information content (AvgIpc) is 2.40. The number of likely N-dealkylation sites (tertiary alicyclic amines) is 1. The van der Waals surface area contributed by atoms with Gasteiger partial charge in [0.05, 0.1) is 0 Å². The maximum absolute atomic E-state index is 12.4. The fourth-order valence-electron chi connectivity index (χ4n) is 2.58. The highest BCUT2D eigenvalue weighted by Gasteiger charge is 2.26. The lowest BCUT2D eigenvalue weighted by Crippen LogP contribution is -2.45. The van der Waals surface area contributed by atoms with Gasteiger partial charge in [-0.15, -0.1) is 0 Å². The number of ether oxygens (including phenoxy) is 1. The topological polar surface area (TPSA) is 29.5 Å². The van der Waals surface area contributed by atoms with Crippen molar-refractivity contribution in [2.45, 2.75) is 39.7 Å². The molecular weight excluding hydrogens is 238 g/mol. The Morgan fingerprint density at radius 3 is 2.84 bits per heavy atom. The fourth-order valence-corrected chi connectivity index (χ4v) is 2.58. The molecule has 2 rings (SSSR count). The molecule has 1 aromatic carbocycles. The Balaban J connectivity index is 1.97. The Hall–Kier alpha value is -1.51. The van der Waals surface area contributed by atoms with E-state index >= 15 is 0 Å². The van der Waals surface area contributed by atoms with E-state index in [-0.39, 0.29) is 5.91 Å². The summed E-state index contributed by atoms with van der Waals surface area (Å²) in [5.41, 5.74) is 1.06. The fraction of sp³-hybridized carbons (Fsp3) is 0.562. The summed E-state index contributed by atoms with van der Waals surface area (Å²) in [5, 5.41) is 0. The number of nitrogens with zero attached hydrogens (tertiary/aromatic N) is 1. The molecule has 1 fully saturated rings. The Labute approximate surface area is 115 Å². The number of rotatable bonds is 3. The first-order chi connectivity index (χ1) is 9.08. The Bertz CT molecular complexity index is 444. The van der Waals surface area contributed by atoms with E-state index in [1.165, 1.54) is 6.42 Å². The van der Waals surface area contributed by atoms with Gasteiger partial charge in [0.1, 0.15) is 5.75 Å². The van der Waals surface area contributed by atoms with Crippen molar-refractivity contribution in [3.8, 4) is 5.75 Å². The lowest BCUT2D eigenvalue weighted by atomic mass is 10.00. The van der Waals surface area contributed by atoms with Gasteiger partial charge in [-0.2, -0.15) is 0 Å². The Kier molecular flexibility index (Phi) is 4.46. The number of piperidine rings is 1. The van der Waals surface area contributed by atoms with E-state index in [0.717, 1.165) is 30.8 Å². The molecule has 0 unspecified atom stereocenters. The number of carbonyl (C=O) groups excluding carboxylic acids is 1. The number of benzene rings is 1. The average molecular weight is 261 g/mol. The van der Waals surface area contributed by atoms with Gasteiger partial charge in [-0.05, 0) is 44.2 Å². The molecule has 0 spiro atoms. The van der Waals surface area contributed by atoms with Crippen molar-refractivity contribution < 1.29 is 9.53 Å². The summed E-state index contributed by atoms with van der Waals surface area (Å²) < 4.78 is 5.80. The first-order valence-electron chi connectivity index (χ1n) is 7.09. The molecule has 1 saturated heterocycles. The first kappa shape index (κ1) is 13.9. The van der Waals surface area contributed by atoms with Crippen molar-refractivity contribution in [3.05, 3.63) is 29.8 Å². The lowest BCUT2D eigenvalue weighted by molar-refractivity contribution is -0.139. The van der Waals surface area contributed by atoms with Gasteiger partial charge in [-0.25, -0.2) is 0 Å². The van der Waals surface area contributed by atoms with Crippen LogP contribution in [0.3, 0.4) is 0 Å². The summed E-state index contributed by atoms with van der Waals surface area (Å²) in [5.74, 6) is 1.51. The van der Waals surface area contributed by atoms with Crippen molar-refractivity contribution in [1.82, 2.24) is 4.90 Å². The van der Waals surface area contributed by atoms with Crippen LogP contribution in [0.1, 0.15) is 32.3 Å². The van der Waals surface area contributed by atoms with Crippen molar-refractivity contribution in [3.63, 3.8) is 0 Å². The number of carbonyl (C=O) groups is 1. The second-order valence-corrected chi connectivity index (χ2v) is 5.56. The van der Waals surface area contributed by atoms with E-state index in [4.69, 9.17) is 4.74 Å². The smallest absolute Gasteiger partial charge is 0.263 e. The van der Waals surface area contributed by atoms with Crippen LogP contribution in [0.5, 0.6) is 5.75 Å². The normalized spacial score (nSPS) is 21.0. The quantitative estimate of drug-likeness (QED) is 0.837. The van der Waals surface area contributed by atoms with Crippen LogP contribution < -0.4 is 4.74 Å². The van der Waals surface area contributed by atoms with Crippen molar-refractivity contribution >= 4 is 5.91 Å². The van der Waals surface area contributed by atoms with Gasteiger partial charge in [0.15, 0.2) is 6.10 Å². The zero-order chi connectivity index (χ0) is 13.8. The van der Waals surface area contributed by atoms with Gasteiger partial charge in [0, 0.05) is 13.1 Å². The molecule has 1 heterocycles. The van der Waals surface area contributed by atoms with Gasteiger partial charge in [0.25, 0.3) is 5.91 Å². The predicted molar refractivity (Wildman–Crippen MR) is 76.2 cm³/mol. The van der Waals surface area contributed by atoms with Crippen LogP contribution in [0.2, 0.25) is 0 Å². The molecule has 1 aromatic rings. The monoisotopic (exact) mass is 261 g/mol. The van der Waals surface area contributed by atoms with Crippen LogP contribution in [0.4, 0.5) is 0 Å². The molecular formula is C16H23NO2. The summed E-state index contributed by atoms with van der Waals surface area (Å²) in [6, 6.07) is 7.82. The van der Waals surface area contributed by atoms with Crippen LogP contribution in [-0.4, -0.2) is 30.0 Å². The molecule has 0 radical (unpaired) electrons. The number of hydrogen-bond donors (Lipinski definition) is 0. The molecule has 0 N–H and O–H groups in total. The molecule has 1 amide bonds. The van der Waals surface area contributed by atoms with E-state index in [1.807, 2.05) is 43.0 Å². The van der Waals surface area contributed by atoms with Gasteiger partial charge < -0.3 is 9.64 Å². The van der Waals surface area contributed by atoms with E-state index in [1.54, 1.807) is 0 Å². The van der Waals surface area contributed by atoms with Crippen LogP contribution in [0.15, 0.2) is 24.3 Å². The van der Waals surface area contributed by atoms with Crippen LogP contribution in [0.25, 0.3) is 0 Å². The second-order valence-electron chi connectivity index (χ2n) is 5.56. The SMILES string of the molecule is Cc1ccccc1O[C@H](C)C(=O)N1CCC[C@H](C)C1. The minimum atomic E-state index is -0.411. The third-order valence-electron chi connectivity index (χ3n) is 3.71. The third kappa shape index (κ3) is 3.49. The molecule has 0 aromatic heterocycles. The predicted octanol–water partition coefficient (Wildman–Crippen LogP) is 3.02. The minimum Gasteiger partial charge on any atom is -0.481 e. The van der Waals surface area contributed by atoms with E-state index in [0.29, 0.717) is 5.92 Å². The Morgan fingerprint density at radius 1 is 1.42 bits per heavy atom. The highest BCUT2D eigenvalue weighted by atomic mass is 16.5. The summed E-state index contributed by atoms with van der Waals surface area (Å²) in [4.78, 5) is 14.3. The van der Waals surface area contributed by atoms with Crippen LogP contribution >= 0.6 is 0 Å². The number of aryl methyl sites for hydroxylation is 1. The summed E-state index contributed by atoms with van der Waals surface area (Å²) in [7, 11) is 0. The number of amides is 1. The van der Waals surface area contributed by atoms with Gasteiger partial charge >= 0.3 is 0 Å². The molecule has 0 saturated carbocycles. The molecule has 2 atom stereocenters. The highest BCUT2D eigenvalue weighted by molar-refractivity contribution is 5.81. The van der Waals surface area contributed by atoms with Crippen molar-refractivity contribution in [1.29, 1.82) is 0 Å². The lowest BCUT2D eigenvalue weighted by Gasteiger charge is -2.32. The van der Waals surface area contributed by atoms with Crippen LogP contribution in [0, 0.1) is 12.8 Å². The van der Waals surface area contributed by atoms with Crippen LogP contribution in [-0.2, 0) is 4.79 Å². The maximum Gasteiger partial charge on any atom is 0.263 e. The molecule has 0 bridgehead atoms. The van der Waals surface area contributed by atoms with E-state index in [2.05, 4.69) is 6.92 Å². The zero-order valence-electron chi connectivity index (χ0n) is 12.1. The zero-order valence-corrected chi connectivity index (χ0v) is 12.1. The van der Waals surface area contributed by atoms with E-state index in [9.17, 15) is 4.79 Å². The van der Waals surface area contributed by atoms with Gasteiger partial charge in [0.2, 0.25) is 0 Å². The number of para-hydroxylation sites is 1. The maximum atomic E-state index is 12.4. The molecule has 0 aliphatic carbocycles. The molecule has 3 heteroatoms. The summed E-state index contributed by atoms with van der Waals surface area (Å²) in [6.07, 6.45) is 1.91. The third-order valence-corrected chi connectivity index (χ3v) is 3.71. The highest BCUT2D eigenvalue weighted by Crippen LogP contribution is 2.20. The van der Waals surface area contributed by atoms with Crippen molar-refractivity contribution in [2.75, 3.05) is 13.1 Å². The van der Waals surface area contributed by atoms with Crippen molar-refractivity contribution in [2.24, 2.45) is 5.92 Å². The van der Waals surface area contributed by atoms with Gasteiger partial charge in [-0.3, -0.25) is 4.79 Å². The second kappa shape index (κ2) is 6.09. The Morgan fingerprint density at radius 2 is 2.16 bits per heavy atom. The summed E-state index contributed by atoms with van der Waals surface area (Å²) in [6.45, 7) is 7.76. The molecule has 3 nitrogen and oxygen atoms in total. The minimum absolute atomic E-state index is 0.106. The molecule has 19 heavy (non-hydrogen) atoms. The molecule has 1 aliphatic rings. The molecule has 1 aliphatic heterocycles. The molecule has 104 valence electrons. The largest absolute Gasteiger partial charge is 0.481 e. The summed E-state index contributed by atoms with van der Waals surface area (Å²) >= 11 is 0. The van der Waals surface area contributed by atoms with E-state index < -0.39 is 6.10 Å². The first-order valence-corrected chi connectivity index (χ1v) is 7.09. The standard InChI is InChI=1S/C16H23NO2/c1-12-7-6-10-17(11-12)16(18)14(3)19-15-9-5-4-8-13(15)2/h4-5,8-9,12,14H,6-7,10-11H2,1-3H3/t12-,14+/m0/s1. The van der Waals surface area contributed by atoms with Gasteiger partial charge in [-0.1, -0.05) is 25.1 Å². The number of hydrogen-bond acceptors (Lipinski definition) is 2.